The van der Waals surface area contributed by atoms with Crippen molar-refractivity contribution in [3.05, 3.63) is 35.8 Å². The molecule has 1 aromatic carbocycles. The van der Waals surface area contributed by atoms with Gasteiger partial charge in [-0.15, -0.1) is 0 Å². The molecule has 23 heavy (non-hydrogen) atoms. The van der Waals surface area contributed by atoms with E-state index in [1.807, 2.05) is 6.92 Å². The van der Waals surface area contributed by atoms with Crippen LogP contribution < -0.4 is 10.1 Å². The van der Waals surface area contributed by atoms with Crippen LogP contribution in [0.25, 0.3) is 11.3 Å². The molecule has 0 spiro atoms. The molecule has 7 heteroatoms. The van der Waals surface area contributed by atoms with Crippen LogP contribution in [0.1, 0.15) is 17.4 Å². The third kappa shape index (κ3) is 3.87. The minimum Gasteiger partial charge on any atom is -0.497 e. The maximum Gasteiger partial charge on any atom is 0.269 e. The largest absolute Gasteiger partial charge is 0.497 e. The minimum atomic E-state index is -0.448. The van der Waals surface area contributed by atoms with E-state index < -0.39 is 5.82 Å². The molecule has 0 radical (unpaired) electrons. The summed E-state index contributed by atoms with van der Waals surface area (Å²) in [5, 5.41) is 7.04. The fourth-order valence-corrected chi connectivity index (χ4v) is 2.16. The van der Waals surface area contributed by atoms with Crippen LogP contribution in [-0.2, 0) is 11.3 Å². The number of halogens is 1. The van der Waals surface area contributed by atoms with Crippen LogP contribution >= 0.6 is 0 Å². The van der Waals surface area contributed by atoms with E-state index in [9.17, 15) is 9.18 Å². The predicted molar refractivity (Wildman–Crippen MR) is 84.1 cm³/mol. The van der Waals surface area contributed by atoms with Crippen molar-refractivity contribution in [1.29, 1.82) is 0 Å². The van der Waals surface area contributed by atoms with Gasteiger partial charge >= 0.3 is 0 Å². The molecule has 1 aromatic heterocycles. The number of carbonyl (C=O) groups is 1. The number of rotatable bonds is 7. The molecule has 0 saturated heterocycles. The lowest BCUT2D eigenvalue weighted by molar-refractivity contribution is 0.0926. The summed E-state index contributed by atoms with van der Waals surface area (Å²) in [6.07, 6.45) is 0. The van der Waals surface area contributed by atoms with Crippen LogP contribution in [0.2, 0.25) is 0 Å². The zero-order valence-corrected chi connectivity index (χ0v) is 13.4. The van der Waals surface area contributed by atoms with Crippen LogP contribution in [-0.4, -0.2) is 43.1 Å². The first-order valence-electron chi connectivity index (χ1n) is 7.29. The van der Waals surface area contributed by atoms with Gasteiger partial charge in [0.2, 0.25) is 0 Å². The molecule has 0 bridgehead atoms. The first-order chi connectivity index (χ1) is 11.1. The summed E-state index contributed by atoms with van der Waals surface area (Å²) < 4.78 is 25.6. The standard InChI is InChI=1S/C16H20FN3O3/c1-4-20-15(16(21)18-7-8-22-2)10-14(19-20)12-6-5-11(23-3)9-13(12)17/h5-6,9-10H,4,7-8H2,1-3H3,(H,18,21). The number of benzene rings is 1. The van der Waals surface area contributed by atoms with Crippen molar-refractivity contribution >= 4 is 5.91 Å². The molecule has 2 aromatic rings. The number of methoxy groups -OCH3 is 2. The number of hydrogen-bond acceptors (Lipinski definition) is 4. The fraction of sp³-hybridized carbons (Fsp3) is 0.375. The minimum absolute atomic E-state index is 0.267. The van der Waals surface area contributed by atoms with Crippen molar-refractivity contribution in [1.82, 2.24) is 15.1 Å². The Hall–Kier alpha value is -2.41. The van der Waals surface area contributed by atoms with E-state index in [-0.39, 0.29) is 5.91 Å². The Morgan fingerprint density at radius 3 is 2.74 bits per heavy atom. The molecule has 6 nitrogen and oxygen atoms in total. The van der Waals surface area contributed by atoms with E-state index in [0.717, 1.165) is 0 Å². The SMILES string of the molecule is CCn1nc(-c2ccc(OC)cc2F)cc1C(=O)NCCOC. The first-order valence-corrected chi connectivity index (χ1v) is 7.29. The number of ether oxygens (including phenoxy) is 2. The van der Waals surface area contributed by atoms with Gasteiger partial charge in [0.25, 0.3) is 5.91 Å². The second kappa shape index (κ2) is 7.73. The van der Waals surface area contributed by atoms with Gasteiger partial charge in [0.1, 0.15) is 17.3 Å². The lowest BCUT2D eigenvalue weighted by Crippen LogP contribution is -2.29. The summed E-state index contributed by atoms with van der Waals surface area (Å²) in [6, 6.07) is 6.11. The van der Waals surface area contributed by atoms with Crippen LogP contribution in [0.5, 0.6) is 5.75 Å². The van der Waals surface area contributed by atoms with Gasteiger partial charge in [-0.1, -0.05) is 0 Å². The summed E-state index contributed by atoms with van der Waals surface area (Å²) in [5.41, 5.74) is 1.11. The Bertz CT molecular complexity index is 685. The van der Waals surface area contributed by atoms with Crippen molar-refractivity contribution < 1.29 is 18.7 Å². The van der Waals surface area contributed by atoms with Crippen molar-refractivity contribution in [3.8, 4) is 17.0 Å². The monoisotopic (exact) mass is 321 g/mol. The summed E-state index contributed by atoms with van der Waals surface area (Å²) in [7, 11) is 3.04. The van der Waals surface area contributed by atoms with Gasteiger partial charge in [-0.2, -0.15) is 5.10 Å². The molecule has 0 aliphatic carbocycles. The predicted octanol–water partition coefficient (Wildman–Crippen LogP) is 2.09. The topological polar surface area (TPSA) is 65.4 Å². The number of nitrogens with one attached hydrogen (secondary N) is 1. The lowest BCUT2D eigenvalue weighted by Gasteiger charge is -2.05. The quantitative estimate of drug-likeness (QED) is 0.793. The van der Waals surface area contributed by atoms with Crippen LogP contribution in [0.3, 0.4) is 0 Å². The number of carbonyl (C=O) groups excluding carboxylic acids is 1. The maximum absolute atomic E-state index is 14.2. The van der Waals surface area contributed by atoms with Gasteiger partial charge in [0, 0.05) is 31.8 Å². The zero-order valence-electron chi connectivity index (χ0n) is 13.4. The first kappa shape index (κ1) is 17.0. The van der Waals surface area contributed by atoms with E-state index in [0.29, 0.717) is 42.4 Å². The molecule has 0 aliphatic heterocycles. The van der Waals surface area contributed by atoms with E-state index in [4.69, 9.17) is 9.47 Å². The van der Waals surface area contributed by atoms with Gasteiger partial charge in [0.15, 0.2) is 0 Å². The summed E-state index contributed by atoms with van der Waals surface area (Å²) in [5.74, 6) is -0.285. The number of hydrogen-bond donors (Lipinski definition) is 1. The second-order valence-corrected chi connectivity index (χ2v) is 4.83. The third-order valence-corrected chi connectivity index (χ3v) is 3.36. The van der Waals surface area contributed by atoms with Crippen LogP contribution in [0.15, 0.2) is 24.3 Å². The van der Waals surface area contributed by atoms with Gasteiger partial charge in [-0.3, -0.25) is 9.48 Å². The Balaban J connectivity index is 2.29. The number of nitrogens with zero attached hydrogens (tertiary/aromatic N) is 2. The second-order valence-electron chi connectivity index (χ2n) is 4.83. The van der Waals surface area contributed by atoms with Gasteiger partial charge in [-0.25, -0.2) is 4.39 Å². The average molecular weight is 321 g/mol. The summed E-state index contributed by atoms with van der Waals surface area (Å²) in [4.78, 5) is 12.2. The molecular formula is C16H20FN3O3. The molecule has 1 N–H and O–H groups in total. The Kier molecular flexibility index (Phi) is 5.70. The fourth-order valence-electron chi connectivity index (χ4n) is 2.16. The summed E-state index contributed by atoms with van der Waals surface area (Å²) >= 11 is 0. The van der Waals surface area contributed by atoms with Crippen molar-refractivity contribution in [2.24, 2.45) is 0 Å². The Morgan fingerprint density at radius 1 is 1.35 bits per heavy atom. The van der Waals surface area contributed by atoms with Gasteiger partial charge < -0.3 is 14.8 Å². The molecule has 1 amide bonds. The number of amides is 1. The molecule has 0 atom stereocenters. The van der Waals surface area contributed by atoms with E-state index >= 15 is 0 Å². The third-order valence-electron chi connectivity index (χ3n) is 3.36. The highest BCUT2D eigenvalue weighted by molar-refractivity contribution is 5.93. The molecular weight excluding hydrogens is 301 g/mol. The molecule has 0 fully saturated rings. The van der Waals surface area contributed by atoms with Crippen molar-refractivity contribution in [2.75, 3.05) is 27.4 Å². The molecule has 0 unspecified atom stereocenters. The van der Waals surface area contributed by atoms with E-state index in [1.54, 1.807) is 30.0 Å². The average Bonchev–Trinajstić information content (AvgIpc) is 2.99. The highest BCUT2D eigenvalue weighted by Crippen LogP contribution is 2.26. The normalized spacial score (nSPS) is 10.6. The number of aromatic nitrogens is 2. The maximum atomic E-state index is 14.2. The highest BCUT2D eigenvalue weighted by Gasteiger charge is 2.17. The lowest BCUT2D eigenvalue weighted by atomic mass is 10.1. The van der Waals surface area contributed by atoms with Crippen LogP contribution in [0, 0.1) is 5.82 Å². The van der Waals surface area contributed by atoms with Gasteiger partial charge in [0.05, 0.1) is 19.4 Å². The Morgan fingerprint density at radius 2 is 2.13 bits per heavy atom. The van der Waals surface area contributed by atoms with E-state index in [1.165, 1.54) is 13.2 Å². The summed E-state index contributed by atoms with van der Waals surface area (Å²) in [6.45, 7) is 3.19. The van der Waals surface area contributed by atoms with E-state index in [2.05, 4.69) is 10.4 Å². The molecule has 124 valence electrons. The Labute approximate surface area is 134 Å². The zero-order chi connectivity index (χ0) is 16.8. The molecule has 0 aliphatic rings. The van der Waals surface area contributed by atoms with Gasteiger partial charge in [-0.05, 0) is 25.1 Å². The van der Waals surface area contributed by atoms with Crippen molar-refractivity contribution in [3.63, 3.8) is 0 Å². The van der Waals surface area contributed by atoms with Crippen molar-refractivity contribution in [2.45, 2.75) is 13.5 Å². The van der Waals surface area contributed by atoms with Crippen LogP contribution in [0.4, 0.5) is 4.39 Å². The molecule has 0 saturated carbocycles. The highest BCUT2D eigenvalue weighted by atomic mass is 19.1. The molecule has 1 heterocycles. The smallest absolute Gasteiger partial charge is 0.269 e. The molecule has 2 rings (SSSR count). The number of aryl methyl sites for hydroxylation is 1.